The van der Waals surface area contributed by atoms with Gasteiger partial charge in [0.1, 0.15) is 5.52 Å². The zero-order chi connectivity index (χ0) is 22.4. The molecule has 0 atom stereocenters. The van der Waals surface area contributed by atoms with E-state index in [2.05, 4.69) is 27.7 Å². The van der Waals surface area contributed by atoms with Gasteiger partial charge >= 0.3 is 0 Å². The van der Waals surface area contributed by atoms with Crippen LogP contribution in [0.1, 0.15) is 48.2 Å². The van der Waals surface area contributed by atoms with Gasteiger partial charge in [0.05, 0.1) is 28.4 Å². The van der Waals surface area contributed by atoms with Crippen molar-refractivity contribution >= 4 is 33.7 Å². The fourth-order valence-electron chi connectivity index (χ4n) is 4.16. The van der Waals surface area contributed by atoms with Gasteiger partial charge in [-0.1, -0.05) is 24.3 Å². The minimum absolute atomic E-state index is 0.153. The predicted molar refractivity (Wildman–Crippen MR) is 127 cm³/mol. The summed E-state index contributed by atoms with van der Waals surface area (Å²) in [5.74, 6) is 0.294. The number of nitrogens with one attached hydrogen (secondary N) is 1. The number of benzene rings is 2. The van der Waals surface area contributed by atoms with E-state index in [1.807, 2.05) is 59.3 Å². The van der Waals surface area contributed by atoms with E-state index in [9.17, 15) is 4.79 Å². The number of rotatable bonds is 6. The summed E-state index contributed by atoms with van der Waals surface area (Å²) >= 11 is 0. The van der Waals surface area contributed by atoms with Crippen molar-refractivity contribution in [1.82, 2.24) is 29.8 Å². The number of aromatic nitrogens is 6. The number of carbonyl (C=O) groups is 1. The van der Waals surface area contributed by atoms with Crippen LogP contribution in [0.25, 0.3) is 27.8 Å². The summed E-state index contributed by atoms with van der Waals surface area (Å²) in [6.45, 7) is 2.89. The van der Waals surface area contributed by atoms with Crippen LogP contribution < -0.4 is 5.32 Å². The molecule has 1 N–H and O–H groups in total. The largest absolute Gasteiger partial charge is 0.322 e. The zero-order valence-corrected chi connectivity index (χ0v) is 18.3. The van der Waals surface area contributed by atoms with Gasteiger partial charge in [0, 0.05) is 23.8 Å². The molecule has 0 aliphatic heterocycles. The Morgan fingerprint density at radius 2 is 1.94 bits per heavy atom. The van der Waals surface area contributed by atoms with Gasteiger partial charge in [0.15, 0.2) is 5.65 Å². The Morgan fingerprint density at radius 1 is 1.12 bits per heavy atom. The maximum atomic E-state index is 13.3. The van der Waals surface area contributed by atoms with Crippen molar-refractivity contribution in [2.75, 3.05) is 5.32 Å². The molecule has 0 saturated heterocycles. The molecule has 3 heterocycles. The van der Waals surface area contributed by atoms with Crippen LogP contribution in [0.15, 0.2) is 60.8 Å². The quantitative estimate of drug-likeness (QED) is 0.416. The molecule has 8 heteroatoms. The molecule has 1 amide bonds. The lowest BCUT2D eigenvalue weighted by Crippen LogP contribution is -2.13. The van der Waals surface area contributed by atoms with Crippen LogP contribution in [0.4, 0.5) is 5.69 Å². The van der Waals surface area contributed by atoms with Crippen molar-refractivity contribution in [1.29, 1.82) is 0 Å². The van der Waals surface area contributed by atoms with Crippen LogP contribution in [0, 0.1) is 0 Å². The topological polar surface area (TPSA) is 90.5 Å². The highest BCUT2D eigenvalue weighted by atomic mass is 16.1. The summed E-state index contributed by atoms with van der Waals surface area (Å²) in [6, 6.07) is 17.4. The summed E-state index contributed by atoms with van der Waals surface area (Å²) < 4.78 is 3.69. The number of anilines is 1. The highest BCUT2D eigenvalue weighted by molar-refractivity contribution is 6.12. The molecule has 3 aromatic heterocycles. The van der Waals surface area contributed by atoms with E-state index in [4.69, 9.17) is 4.98 Å². The van der Waals surface area contributed by atoms with Crippen molar-refractivity contribution in [2.24, 2.45) is 0 Å². The lowest BCUT2D eigenvalue weighted by Gasteiger charge is -2.10. The summed E-state index contributed by atoms with van der Waals surface area (Å²) in [5.41, 5.74) is 5.77. The second kappa shape index (κ2) is 7.81. The maximum absolute atomic E-state index is 13.3. The molecule has 2 aromatic carbocycles. The molecule has 164 valence electrons. The van der Waals surface area contributed by atoms with Gasteiger partial charge in [-0.2, -0.15) is 5.10 Å². The smallest absolute Gasteiger partial charge is 0.256 e. The second-order valence-electron chi connectivity index (χ2n) is 8.46. The minimum Gasteiger partial charge on any atom is -0.322 e. The van der Waals surface area contributed by atoms with E-state index in [1.165, 1.54) is 0 Å². The molecule has 33 heavy (non-hydrogen) atoms. The fraction of sp³-hybridized carbons (Fsp3) is 0.240. The van der Waals surface area contributed by atoms with Crippen molar-refractivity contribution in [2.45, 2.75) is 38.6 Å². The molecule has 0 bridgehead atoms. The Kier molecular flexibility index (Phi) is 4.64. The Labute approximate surface area is 190 Å². The molecule has 1 saturated carbocycles. The van der Waals surface area contributed by atoms with Crippen molar-refractivity contribution in [3.05, 3.63) is 72.1 Å². The normalized spacial score (nSPS) is 13.6. The van der Waals surface area contributed by atoms with E-state index in [1.54, 1.807) is 10.9 Å². The second-order valence-corrected chi connectivity index (χ2v) is 8.46. The van der Waals surface area contributed by atoms with Gasteiger partial charge in [-0.15, -0.1) is 5.10 Å². The van der Waals surface area contributed by atoms with E-state index < -0.39 is 0 Å². The maximum Gasteiger partial charge on any atom is 0.256 e. The average Bonchev–Trinajstić information content (AvgIpc) is 3.49. The third kappa shape index (κ3) is 3.53. The Balaban J connectivity index is 1.30. The first-order valence-electron chi connectivity index (χ1n) is 11.3. The first kappa shape index (κ1) is 19.6. The van der Waals surface area contributed by atoms with Gasteiger partial charge in [0.2, 0.25) is 0 Å². The van der Waals surface area contributed by atoms with E-state index in [0.717, 1.165) is 59.3 Å². The molecule has 0 radical (unpaired) electrons. The summed E-state index contributed by atoms with van der Waals surface area (Å²) in [5, 5.41) is 16.8. The summed E-state index contributed by atoms with van der Waals surface area (Å²) in [7, 11) is 0. The van der Waals surface area contributed by atoms with Crippen LogP contribution >= 0.6 is 0 Å². The van der Waals surface area contributed by atoms with Gasteiger partial charge in [-0.25, -0.2) is 14.3 Å². The molecule has 0 spiro atoms. The molecule has 6 rings (SSSR count). The standard InChI is InChI=1S/C25H23N7O/c1-2-13-31-24-20(15-26-31)19(14-22(28-24)16-7-8-16)25(33)27-17-9-11-18(12-10-17)32-23-6-4-3-5-21(23)29-30-32/h3-6,9-12,14-16H,2,7-8,13H2,1H3,(H,27,33). The number of hydrogen-bond donors (Lipinski definition) is 1. The SMILES string of the molecule is CCCn1ncc2c(C(=O)Nc3ccc(-n4nnc5ccccc54)cc3)cc(C3CC3)nc21. The lowest BCUT2D eigenvalue weighted by atomic mass is 10.1. The average molecular weight is 438 g/mol. The third-order valence-electron chi connectivity index (χ3n) is 6.03. The van der Waals surface area contributed by atoms with Crippen LogP contribution in [0.5, 0.6) is 0 Å². The van der Waals surface area contributed by atoms with Gasteiger partial charge in [-0.05, 0) is 61.7 Å². The molecule has 1 aliphatic rings. The Bertz CT molecular complexity index is 1480. The number of para-hydroxylation sites is 1. The number of aryl methyl sites for hydroxylation is 1. The van der Waals surface area contributed by atoms with E-state index in [0.29, 0.717) is 17.2 Å². The van der Waals surface area contributed by atoms with Crippen molar-refractivity contribution in [3.8, 4) is 5.69 Å². The highest BCUT2D eigenvalue weighted by Gasteiger charge is 2.28. The lowest BCUT2D eigenvalue weighted by molar-refractivity contribution is 0.102. The number of amides is 1. The number of pyridine rings is 1. The Morgan fingerprint density at radius 3 is 2.73 bits per heavy atom. The fourth-order valence-corrected chi connectivity index (χ4v) is 4.16. The zero-order valence-electron chi connectivity index (χ0n) is 18.3. The van der Waals surface area contributed by atoms with Gasteiger partial charge in [0.25, 0.3) is 5.91 Å². The molecule has 1 fully saturated rings. The molecule has 1 aliphatic carbocycles. The summed E-state index contributed by atoms with van der Waals surface area (Å²) in [4.78, 5) is 18.1. The number of nitrogens with zero attached hydrogens (tertiary/aromatic N) is 6. The molecular weight excluding hydrogens is 414 g/mol. The minimum atomic E-state index is -0.153. The van der Waals surface area contributed by atoms with E-state index >= 15 is 0 Å². The predicted octanol–water partition coefficient (Wildman–Crippen LogP) is 4.70. The van der Waals surface area contributed by atoms with Crippen LogP contribution in [0.3, 0.4) is 0 Å². The summed E-state index contributed by atoms with van der Waals surface area (Å²) in [6.07, 6.45) is 4.96. The van der Waals surface area contributed by atoms with Gasteiger partial charge in [-0.3, -0.25) is 4.79 Å². The van der Waals surface area contributed by atoms with Crippen LogP contribution in [0.2, 0.25) is 0 Å². The third-order valence-corrected chi connectivity index (χ3v) is 6.03. The highest BCUT2D eigenvalue weighted by Crippen LogP contribution is 2.40. The van der Waals surface area contributed by atoms with E-state index in [-0.39, 0.29) is 5.91 Å². The van der Waals surface area contributed by atoms with Crippen LogP contribution in [-0.2, 0) is 6.54 Å². The number of carbonyl (C=O) groups excluding carboxylic acids is 1. The molecule has 8 nitrogen and oxygen atoms in total. The van der Waals surface area contributed by atoms with Crippen molar-refractivity contribution in [3.63, 3.8) is 0 Å². The Hall–Kier alpha value is -4.07. The monoisotopic (exact) mass is 437 g/mol. The van der Waals surface area contributed by atoms with Gasteiger partial charge < -0.3 is 5.32 Å². The molecule has 5 aromatic rings. The number of hydrogen-bond acceptors (Lipinski definition) is 5. The molecule has 0 unspecified atom stereocenters. The van der Waals surface area contributed by atoms with Crippen LogP contribution in [-0.4, -0.2) is 35.7 Å². The first-order valence-corrected chi connectivity index (χ1v) is 11.3. The first-order chi connectivity index (χ1) is 16.2. The van der Waals surface area contributed by atoms with Crippen molar-refractivity contribution < 1.29 is 4.79 Å². The molecular formula is C25H23N7O. The number of fused-ring (bicyclic) bond motifs is 2.